The zero-order valence-electron chi connectivity index (χ0n) is 14.1. The molecule has 0 spiro atoms. The van der Waals surface area contributed by atoms with Crippen LogP contribution in [0.15, 0.2) is 60.7 Å². The van der Waals surface area contributed by atoms with Crippen molar-refractivity contribution in [3.8, 4) is 5.75 Å². The van der Waals surface area contributed by atoms with E-state index in [4.69, 9.17) is 10.5 Å². The topological polar surface area (TPSA) is 52.3 Å². The molecular formula is C20H18F3NO2. The highest BCUT2D eigenvalue weighted by Crippen LogP contribution is 2.29. The van der Waals surface area contributed by atoms with Crippen molar-refractivity contribution in [1.29, 1.82) is 0 Å². The second-order valence-corrected chi connectivity index (χ2v) is 5.38. The Bertz CT molecular complexity index is 804. The van der Waals surface area contributed by atoms with Gasteiger partial charge in [0.15, 0.2) is 0 Å². The summed E-state index contributed by atoms with van der Waals surface area (Å²) in [6.07, 6.45) is 0.321. The van der Waals surface area contributed by atoms with Crippen LogP contribution in [0, 0.1) is 0 Å². The van der Waals surface area contributed by atoms with Crippen LogP contribution in [-0.2, 0) is 11.0 Å². The van der Waals surface area contributed by atoms with E-state index in [1.54, 1.807) is 36.4 Å². The van der Waals surface area contributed by atoms with Crippen LogP contribution in [0.25, 0.3) is 11.6 Å². The molecule has 2 aromatic rings. The quantitative estimate of drug-likeness (QED) is 0.600. The third kappa shape index (κ3) is 5.24. The fourth-order valence-corrected chi connectivity index (χ4v) is 2.26. The Morgan fingerprint density at radius 3 is 2.19 bits per heavy atom. The molecule has 2 rings (SSSR count). The van der Waals surface area contributed by atoms with Gasteiger partial charge < -0.3 is 10.5 Å². The molecule has 3 nitrogen and oxygen atoms in total. The molecule has 2 N–H and O–H groups in total. The fourth-order valence-electron chi connectivity index (χ4n) is 2.26. The van der Waals surface area contributed by atoms with Crippen molar-refractivity contribution in [1.82, 2.24) is 0 Å². The first-order valence-electron chi connectivity index (χ1n) is 7.90. The Labute approximate surface area is 149 Å². The molecule has 0 bridgehead atoms. The number of ether oxygens (including phenoxy) is 1. The van der Waals surface area contributed by atoms with Crippen molar-refractivity contribution in [2.75, 3.05) is 6.61 Å². The number of hydrogen-bond acceptors (Lipinski definition) is 2. The Kier molecular flexibility index (Phi) is 6.22. The lowest BCUT2D eigenvalue weighted by atomic mass is 10.0. The number of rotatable bonds is 6. The average molecular weight is 361 g/mol. The summed E-state index contributed by atoms with van der Waals surface area (Å²) in [6, 6.07) is 11.6. The maximum atomic E-state index is 12.5. The van der Waals surface area contributed by atoms with Gasteiger partial charge in [-0.25, -0.2) is 0 Å². The van der Waals surface area contributed by atoms with E-state index < -0.39 is 17.6 Å². The van der Waals surface area contributed by atoms with E-state index >= 15 is 0 Å². The van der Waals surface area contributed by atoms with E-state index in [1.807, 2.05) is 6.92 Å². The summed E-state index contributed by atoms with van der Waals surface area (Å²) in [5.41, 5.74) is 6.19. The molecule has 0 saturated carbocycles. The van der Waals surface area contributed by atoms with Crippen molar-refractivity contribution in [2.24, 2.45) is 5.73 Å². The van der Waals surface area contributed by atoms with Gasteiger partial charge in [0.2, 0.25) is 5.91 Å². The smallest absolute Gasteiger partial charge is 0.416 e. The molecule has 0 fully saturated rings. The molecule has 2 aromatic carbocycles. The Morgan fingerprint density at radius 2 is 1.69 bits per heavy atom. The maximum Gasteiger partial charge on any atom is 0.416 e. The number of allylic oxidation sites excluding steroid dienone is 2. The molecule has 0 aliphatic rings. The van der Waals surface area contributed by atoms with Gasteiger partial charge >= 0.3 is 6.18 Å². The lowest BCUT2D eigenvalue weighted by molar-refractivity contribution is -0.137. The van der Waals surface area contributed by atoms with Gasteiger partial charge in [-0.05, 0) is 48.4 Å². The molecule has 0 atom stereocenters. The summed E-state index contributed by atoms with van der Waals surface area (Å²) in [6.45, 7) is 2.41. The second-order valence-electron chi connectivity index (χ2n) is 5.38. The number of benzene rings is 2. The molecule has 6 heteroatoms. The molecule has 26 heavy (non-hydrogen) atoms. The molecule has 0 unspecified atom stereocenters. The lowest BCUT2D eigenvalue weighted by Gasteiger charge is -2.06. The maximum absolute atomic E-state index is 12.5. The van der Waals surface area contributed by atoms with E-state index in [-0.39, 0.29) is 5.57 Å². The molecule has 0 aliphatic heterocycles. The summed E-state index contributed by atoms with van der Waals surface area (Å²) < 4.78 is 43.0. The molecule has 136 valence electrons. The normalized spacial score (nSPS) is 12.4. The van der Waals surface area contributed by atoms with Gasteiger partial charge in [0.1, 0.15) is 5.75 Å². The number of hydrogen-bond donors (Lipinski definition) is 1. The van der Waals surface area contributed by atoms with Crippen LogP contribution in [0.4, 0.5) is 13.2 Å². The third-order valence-corrected chi connectivity index (χ3v) is 3.53. The van der Waals surface area contributed by atoms with Crippen LogP contribution < -0.4 is 10.5 Å². The molecule has 0 heterocycles. The SMILES string of the molecule is CCOc1ccc(C(=CC=Cc2ccc(C(F)(F)F)cc2)C(N)=O)cc1. The van der Waals surface area contributed by atoms with E-state index in [2.05, 4.69) is 0 Å². The molecule has 0 saturated heterocycles. The van der Waals surface area contributed by atoms with Crippen LogP contribution in [0.3, 0.4) is 0 Å². The van der Waals surface area contributed by atoms with E-state index in [1.165, 1.54) is 18.2 Å². The minimum Gasteiger partial charge on any atom is -0.494 e. The fraction of sp³-hybridized carbons (Fsp3) is 0.150. The van der Waals surface area contributed by atoms with E-state index in [0.29, 0.717) is 23.5 Å². The first-order valence-corrected chi connectivity index (χ1v) is 7.90. The van der Waals surface area contributed by atoms with Crippen LogP contribution in [-0.4, -0.2) is 12.5 Å². The number of nitrogens with two attached hydrogens (primary N) is 1. The Morgan fingerprint density at radius 1 is 1.08 bits per heavy atom. The molecule has 0 aliphatic carbocycles. The van der Waals surface area contributed by atoms with Gasteiger partial charge in [-0.1, -0.05) is 36.4 Å². The van der Waals surface area contributed by atoms with Crippen molar-refractivity contribution in [2.45, 2.75) is 13.1 Å². The Hall–Kier alpha value is -3.02. The summed E-state index contributed by atoms with van der Waals surface area (Å²) in [7, 11) is 0. The highest BCUT2D eigenvalue weighted by Gasteiger charge is 2.29. The summed E-state index contributed by atoms with van der Waals surface area (Å²) in [5, 5.41) is 0. The second kappa shape index (κ2) is 8.38. The van der Waals surface area contributed by atoms with Gasteiger partial charge in [-0.15, -0.1) is 0 Å². The first-order chi connectivity index (χ1) is 12.3. The minimum atomic E-state index is -4.37. The van der Waals surface area contributed by atoms with Gasteiger partial charge in [-0.2, -0.15) is 13.2 Å². The number of halogens is 3. The van der Waals surface area contributed by atoms with Gasteiger partial charge in [0, 0.05) is 5.57 Å². The van der Waals surface area contributed by atoms with E-state index in [0.717, 1.165) is 12.1 Å². The van der Waals surface area contributed by atoms with Crippen molar-refractivity contribution in [3.63, 3.8) is 0 Å². The zero-order valence-corrected chi connectivity index (χ0v) is 14.1. The van der Waals surface area contributed by atoms with Crippen molar-refractivity contribution < 1.29 is 22.7 Å². The lowest BCUT2D eigenvalue weighted by Crippen LogP contribution is -2.12. The number of alkyl halides is 3. The van der Waals surface area contributed by atoms with Crippen LogP contribution in [0.2, 0.25) is 0 Å². The number of amides is 1. The van der Waals surface area contributed by atoms with Crippen molar-refractivity contribution in [3.05, 3.63) is 77.4 Å². The largest absolute Gasteiger partial charge is 0.494 e. The molecular weight excluding hydrogens is 343 g/mol. The van der Waals surface area contributed by atoms with Crippen LogP contribution >= 0.6 is 0 Å². The molecule has 1 amide bonds. The zero-order chi connectivity index (χ0) is 19.2. The third-order valence-electron chi connectivity index (χ3n) is 3.53. The van der Waals surface area contributed by atoms with Gasteiger partial charge in [0.05, 0.1) is 12.2 Å². The molecule has 0 aromatic heterocycles. The Balaban J connectivity index is 2.18. The van der Waals surface area contributed by atoms with Gasteiger partial charge in [-0.3, -0.25) is 4.79 Å². The predicted molar refractivity (Wildman–Crippen MR) is 95.3 cm³/mol. The van der Waals surface area contributed by atoms with E-state index in [9.17, 15) is 18.0 Å². The number of primary amides is 1. The van der Waals surface area contributed by atoms with Crippen LogP contribution in [0.5, 0.6) is 5.75 Å². The summed E-state index contributed by atoms with van der Waals surface area (Å²) in [4.78, 5) is 11.7. The first kappa shape index (κ1) is 19.3. The number of carbonyl (C=O) groups is 1. The number of carbonyl (C=O) groups excluding carboxylic acids is 1. The average Bonchev–Trinajstić information content (AvgIpc) is 2.59. The monoisotopic (exact) mass is 361 g/mol. The summed E-state index contributed by atoms with van der Waals surface area (Å²) in [5.74, 6) is 0.0756. The van der Waals surface area contributed by atoms with Crippen LogP contribution in [0.1, 0.15) is 23.6 Å². The van der Waals surface area contributed by atoms with Crippen molar-refractivity contribution >= 4 is 17.6 Å². The highest BCUT2D eigenvalue weighted by atomic mass is 19.4. The predicted octanol–water partition coefficient (Wildman–Crippen LogP) is 4.69. The van der Waals surface area contributed by atoms with Gasteiger partial charge in [0.25, 0.3) is 0 Å². The summed E-state index contributed by atoms with van der Waals surface area (Å²) >= 11 is 0. The highest BCUT2D eigenvalue weighted by molar-refractivity contribution is 6.19. The minimum absolute atomic E-state index is 0.288. The molecule has 0 radical (unpaired) electrons. The standard InChI is InChI=1S/C20H18F3NO2/c1-2-26-17-12-8-15(9-13-17)18(19(24)25)5-3-4-14-6-10-16(11-7-14)20(21,22)23/h3-13H,2H2,1H3,(H2,24,25).